The van der Waals surface area contributed by atoms with E-state index in [2.05, 4.69) is 4.98 Å². The predicted molar refractivity (Wildman–Crippen MR) is 77.3 cm³/mol. The van der Waals surface area contributed by atoms with Crippen LogP contribution in [0, 0.1) is 0 Å². The molecule has 1 amide bonds. The van der Waals surface area contributed by atoms with Crippen LogP contribution in [0.3, 0.4) is 0 Å². The summed E-state index contributed by atoms with van der Waals surface area (Å²) < 4.78 is 0. The fourth-order valence-corrected chi connectivity index (χ4v) is 1.91. The highest BCUT2D eigenvalue weighted by Crippen LogP contribution is 2.23. The first-order valence-corrected chi connectivity index (χ1v) is 6.73. The summed E-state index contributed by atoms with van der Waals surface area (Å²) in [5.41, 5.74) is -0.238. The first kappa shape index (κ1) is 16.7. The summed E-state index contributed by atoms with van der Waals surface area (Å²) >= 11 is 11.6. The van der Waals surface area contributed by atoms with E-state index in [4.69, 9.17) is 28.3 Å². The second-order valence-electron chi connectivity index (χ2n) is 5.27. The Morgan fingerprint density at radius 3 is 2.40 bits per heavy atom. The Kier molecular flexibility index (Phi) is 5.36. The van der Waals surface area contributed by atoms with Crippen LogP contribution in [0.15, 0.2) is 12.3 Å². The lowest BCUT2D eigenvalue weighted by Gasteiger charge is -2.35. The summed E-state index contributed by atoms with van der Waals surface area (Å²) in [5.74, 6) is -1.29. The number of carboxylic acid groups (broad SMARTS) is 1. The van der Waals surface area contributed by atoms with Crippen molar-refractivity contribution in [3.8, 4) is 0 Å². The highest BCUT2D eigenvalue weighted by atomic mass is 35.5. The minimum absolute atomic E-state index is 0.109. The number of pyridine rings is 1. The van der Waals surface area contributed by atoms with Gasteiger partial charge in [-0.05, 0) is 26.8 Å². The van der Waals surface area contributed by atoms with Gasteiger partial charge in [-0.25, -0.2) is 4.98 Å². The molecule has 0 saturated heterocycles. The van der Waals surface area contributed by atoms with Crippen LogP contribution < -0.4 is 0 Å². The molecule has 0 radical (unpaired) electrons. The molecule has 0 bridgehead atoms. The second kappa shape index (κ2) is 6.41. The van der Waals surface area contributed by atoms with Crippen LogP contribution in [0.4, 0.5) is 0 Å². The minimum atomic E-state index is -0.959. The van der Waals surface area contributed by atoms with Gasteiger partial charge in [0.1, 0.15) is 5.15 Å². The van der Waals surface area contributed by atoms with Gasteiger partial charge >= 0.3 is 5.97 Å². The van der Waals surface area contributed by atoms with Gasteiger partial charge in [-0.1, -0.05) is 23.2 Å². The van der Waals surface area contributed by atoms with Crippen molar-refractivity contribution in [2.24, 2.45) is 0 Å². The zero-order chi connectivity index (χ0) is 15.5. The Bertz CT molecular complexity index is 527. The van der Waals surface area contributed by atoms with Crippen molar-refractivity contribution in [1.29, 1.82) is 0 Å². The first-order valence-electron chi connectivity index (χ1n) is 5.97. The summed E-state index contributed by atoms with van der Waals surface area (Å²) in [6, 6.07) is 1.43. The van der Waals surface area contributed by atoms with Crippen molar-refractivity contribution in [2.75, 3.05) is 6.54 Å². The third-order valence-electron chi connectivity index (χ3n) is 2.65. The number of hydrogen-bond donors (Lipinski definition) is 1. The molecule has 0 aliphatic carbocycles. The fraction of sp³-hybridized carbons (Fsp3) is 0.462. The Labute approximate surface area is 127 Å². The van der Waals surface area contributed by atoms with Gasteiger partial charge in [0.25, 0.3) is 5.91 Å². The van der Waals surface area contributed by atoms with Crippen molar-refractivity contribution in [1.82, 2.24) is 9.88 Å². The smallest absolute Gasteiger partial charge is 0.305 e. The molecule has 20 heavy (non-hydrogen) atoms. The van der Waals surface area contributed by atoms with Crippen LogP contribution >= 0.6 is 23.2 Å². The number of carbonyl (C=O) groups excluding carboxylic acids is 1. The predicted octanol–water partition coefficient (Wildman–Crippen LogP) is 3.10. The summed E-state index contributed by atoms with van der Waals surface area (Å²) in [4.78, 5) is 28.5. The Balaban J connectivity index is 3.03. The maximum atomic E-state index is 12.5. The van der Waals surface area contributed by atoms with Crippen LogP contribution in [0.2, 0.25) is 10.2 Å². The van der Waals surface area contributed by atoms with Gasteiger partial charge < -0.3 is 10.0 Å². The van der Waals surface area contributed by atoms with Crippen LogP contribution in [0.1, 0.15) is 37.6 Å². The molecule has 0 aliphatic heterocycles. The van der Waals surface area contributed by atoms with Crippen molar-refractivity contribution in [3.63, 3.8) is 0 Å². The highest BCUT2D eigenvalue weighted by Gasteiger charge is 2.28. The number of halogens is 2. The molecule has 0 aromatic carbocycles. The zero-order valence-electron chi connectivity index (χ0n) is 11.5. The average Bonchev–Trinajstić information content (AvgIpc) is 2.30. The van der Waals surface area contributed by atoms with E-state index in [1.807, 2.05) is 20.8 Å². The van der Waals surface area contributed by atoms with Gasteiger partial charge in [-0.3, -0.25) is 9.59 Å². The standard InChI is InChI=1S/C13H16Cl2N2O3/c1-13(2,3)17(5-4-10(18)19)12(20)8-6-9(14)11(15)16-7-8/h6-7H,4-5H2,1-3H3,(H,18,19). The number of carbonyl (C=O) groups is 2. The van der Waals surface area contributed by atoms with E-state index in [-0.39, 0.29) is 34.6 Å². The largest absolute Gasteiger partial charge is 0.481 e. The van der Waals surface area contributed by atoms with Crippen LogP contribution in [0.25, 0.3) is 0 Å². The van der Waals surface area contributed by atoms with Gasteiger partial charge in [0.15, 0.2) is 0 Å². The highest BCUT2D eigenvalue weighted by molar-refractivity contribution is 6.41. The lowest BCUT2D eigenvalue weighted by atomic mass is 10.0. The van der Waals surface area contributed by atoms with E-state index in [1.165, 1.54) is 17.2 Å². The Morgan fingerprint density at radius 2 is 1.95 bits per heavy atom. The van der Waals surface area contributed by atoms with Gasteiger partial charge in [0.05, 0.1) is 17.0 Å². The third-order valence-corrected chi connectivity index (χ3v) is 3.33. The number of carboxylic acids is 1. The average molecular weight is 319 g/mol. The monoisotopic (exact) mass is 318 g/mol. The second-order valence-corrected chi connectivity index (χ2v) is 6.03. The quantitative estimate of drug-likeness (QED) is 0.866. The van der Waals surface area contributed by atoms with Gasteiger partial charge in [-0.2, -0.15) is 0 Å². The Morgan fingerprint density at radius 1 is 1.35 bits per heavy atom. The molecule has 0 atom stereocenters. The summed E-state index contributed by atoms with van der Waals surface area (Å²) in [7, 11) is 0. The normalized spacial score (nSPS) is 11.2. The van der Waals surface area contributed by atoms with Crippen molar-refractivity contribution in [2.45, 2.75) is 32.7 Å². The minimum Gasteiger partial charge on any atom is -0.481 e. The van der Waals surface area contributed by atoms with Crippen molar-refractivity contribution < 1.29 is 14.7 Å². The molecule has 1 heterocycles. The number of aromatic nitrogens is 1. The molecule has 7 heteroatoms. The Hall–Kier alpha value is -1.33. The SMILES string of the molecule is CC(C)(C)N(CCC(=O)O)C(=O)c1cnc(Cl)c(Cl)c1. The van der Waals surface area contributed by atoms with E-state index in [0.29, 0.717) is 0 Å². The molecule has 0 spiro atoms. The fourth-order valence-electron chi connectivity index (χ4n) is 1.64. The molecular formula is C13H16Cl2N2O3. The van der Waals surface area contributed by atoms with Gasteiger partial charge in [-0.15, -0.1) is 0 Å². The van der Waals surface area contributed by atoms with Gasteiger partial charge in [0.2, 0.25) is 0 Å². The maximum absolute atomic E-state index is 12.5. The summed E-state index contributed by atoms with van der Waals surface area (Å²) in [6.07, 6.45) is 1.20. The molecule has 0 saturated carbocycles. The van der Waals surface area contributed by atoms with Gasteiger partial charge in [0, 0.05) is 18.3 Å². The van der Waals surface area contributed by atoms with Crippen LogP contribution in [-0.2, 0) is 4.79 Å². The van der Waals surface area contributed by atoms with Crippen molar-refractivity contribution in [3.05, 3.63) is 28.0 Å². The molecule has 1 aromatic heterocycles. The maximum Gasteiger partial charge on any atom is 0.305 e. The molecule has 110 valence electrons. The molecule has 1 aromatic rings. The molecule has 0 unspecified atom stereocenters. The molecule has 5 nitrogen and oxygen atoms in total. The molecular weight excluding hydrogens is 303 g/mol. The molecule has 0 aliphatic rings. The molecule has 1 rings (SSSR count). The number of rotatable bonds is 4. The van der Waals surface area contributed by atoms with Crippen LogP contribution in [-0.4, -0.2) is 39.0 Å². The third kappa shape index (κ3) is 4.35. The number of hydrogen-bond acceptors (Lipinski definition) is 3. The topological polar surface area (TPSA) is 70.5 Å². The molecule has 1 N–H and O–H groups in total. The van der Waals surface area contributed by atoms with E-state index in [9.17, 15) is 9.59 Å². The number of amides is 1. The first-order chi connectivity index (χ1) is 9.12. The van der Waals surface area contributed by atoms with Crippen LogP contribution in [0.5, 0.6) is 0 Å². The number of aliphatic carboxylic acids is 1. The van der Waals surface area contributed by atoms with E-state index >= 15 is 0 Å². The number of nitrogens with zero attached hydrogens (tertiary/aromatic N) is 2. The zero-order valence-corrected chi connectivity index (χ0v) is 13.0. The molecule has 0 fully saturated rings. The van der Waals surface area contributed by atoms with E-state index in [0.717, 1.165) is 0 Å². The lowest BCUT2D eigenvalue weighted by Crippen LogP contribution is -2.46. The summed E-state index contributed by atoms with van der Waals surface area (Å²) in [6.45, 7) is 5.60. The van der Waals surface area contributed by atoms with Crippen molar-refractivity contribution >= 4 is 35.1 Å². The summed E-state index contributed by atoms with van der Waals surface area (Å²) in [5, 5.41) is 9.08. The lowest BCUT2D eigenvalue weighted by molar-refractivity contribution is -0.137. The van der Waals surface area contributed by atoms with E-state index in [1.54, 1.807) is 0 Å². The van der Waals surface area contributed by atoms with E-state index < -0.39 is 11.5 Å².